The number of halogens is 1. The molecule has 0 spiro atoms. The molecule has 1 rings (SSSR count). The van der Waals surface area contributed by atoms with E-state index < -0.39 is 11.9 Å². The maximum atomic E-state index is 11.0. The van der Waals surface area contributed by atoms with Crippen molar-refractivity contribution >= 4 is 17.7 Å². The van der Waals surface area contributed by atoms with Crippen LogP contribution in [0.15, 0.2) is 0 Å². The first-order valence-electron chi connectivity index (χ1n) is 4.82. The predicted octanol–water partition coefficient (Wildman–Crippen LogP) is 1.10. The number of alkyl carbamates (subject to hydrolysis) is 1. The molecule has 5 nitrogen and oxygen atoms in total. The van der Waals surface area contributed by atoms with Gasteiger partial charge in [0.1, 0.15) is 12.7 Å². The molecule has 0 aliphatic carbocycles. The van der Waals surface area contributed by atoms with Crippen molar-refractivity contribution in [2.75, 3.05) is 25.6 Å². The standard InChI is InChI=1S/C9H16ClNO4/c1-9(2)14-6-7(15-9)5-13-8(12)11-4-3-10/h7H,3-6H2,1-2H3,(H,11,12). The topological polar surface area (TPSA) is 56.8 Å². The van der Waals surface area contributed by atoms with Gasteiger partial charge in [-0.05, 0) is 13.8 Å². The summed E-state index contributed by atoms with van der Waals surface area (Å²) in [7, 11) is 0. The molecule has 15 heavy (non-hydrogen) atoms. The van der Waals surface area contributed by atoms with Crippen LogP contribution in [0, 0.1) is 0 Å². The Morgan fingerprint density at radius 2 is 2.40 bits per heavy atom. The van der Waals surface area contributed by atoms with Crippen LogP contribution in [0.4, 0.5) is 4.79 Å². The van der Waals surface area contributed by atoms with E-state index >= 15 is 0 Å². The monoisotopic (exact) mass is 237 g/mol. The van der Waals surface area contributed by atoms with Crippen molar-refractivity contribution in [2.45, 2.75) is 25.7 Å². The Balaban J connectivity index is 2.13. The molecule has 0 aromatic rings. The first kappa shape index (κ1) is 12.5. The van der Waals surface area contributed by atoms with Crippen molar-refractivity contribution in [3.05, 3.63) is 0 Å². The van der Waals surface area contributed by atoms with E-state index in [1.54, 1.807) is 0 Å². The van der Waals surface area contributed by atoms with Crippen molar-refractivity contribution in [3.63, 3.8) is 0 Å². The highest BCUT2D eigenvalue weighted by Gasteiger charge is 2.33. The number of hydrogen-bond donors (Lipinski definition) is 1. The van der Waals surface area contributed by atoms with E-state index in [1.165, 1.54) is 0 Å². The van der Waals surface area contributed by atoms with Crippen molar-refractivity contribution in [2.24, 2.45) is 0 Å². The number of hydrogen-bond acceptors (Lipinski definition) is 4. The van der Waals surface area contributed by atoms with Gasteiger partial charge < -0.3 is 19.5 Å². The molecular weight excluding hydrogens is 222 g/mol. The Kier molecular flexibility index (Phi) is 4.63. The Labute approximate surface area is 94.0 Å². The lowest BCUT2D eigenvalue weighted by Crippen LogP contribution is -2.30. The highest BCUT2D eigenvalue weighted by molar-refractivity contribution is 6.18. The Hall–Kier alpha value is -0.520. The fraction of sp³-hybridized carbons (Fsp3) is 0.889. The van der Waals surface area contributed by atoms with Gasteiger partial charge in [0.05, 0.1) is 6.61 Å². The van der Waals surface area contributed by atoms with Gasteiger partial charge in [0.2, 0.25) is 0 Å². The zero-order valence-corrected chi connectivity index (χ0v) is 9.67. The molecule has 1 fully saturated rings. The second-order valence-corrected chi connectivity index (χ2v) is 4.04. The molecule has 1 atom stereocenters. The molecule has 1 unspecified atom stereocenters. The third kappa shape index (κ3) is 4.68. The van der Waals surface area contributed by atoms with Crippen LogP contribution in [0.5, 0.6) is 0 Å². The average Bonchev–Trinajstić information content (AvgIpc) is 2.52. The van der Waals surface area contributed by atoms with Crippen molar-refractivity contribution in [1.82, 2.24) is 5.32 Å². The third-order valence-electron chi connectivity index (χ3n) is 1.83. The van der Waals surface area contributed by atoms with Crippen LogP contribution in [-0.4, -0.2) is 43.6 Å². The van der Waals surface area contributed by atoms with Gasteiger partial charge in [-0.25, -0.2) is 4.79 Å². The molecule has 0 saturated carbocycles. The SMILES string of the molecule is CC1(C)OCC(COC(=O)NCCCl)O1. The molecule has 1 aliphatic heterocycles. The van der Waals surface area contributed by atoms with E-state index in [0.29, 0.717) is 19.0 Å². The third-order valence-corrected chi connectivity index (χ3v) is 2.02. The summed E-state index contributed by atoms with van der Waals surface area (Å²) >= 11 is 5.40. The van der Waals surface area contributed by atoms with E-state index in [2.05, 4.69) is 5.32 Å². The van der Waals surface area contributed by atoms with Crippen LogP contribution in [0.25, 0.3) is 0 Å². The summed E-state index contributed by atoms with van der Waals surface area (Å²) < 4.78 is 15.7. The number of alkyl halides is 1. The van der Waals surface area contributed by atoms with E-state index in [4.69, 9.17) is 25.8 Å². The molecule has 0 radical (unpaired) electrons. The van der Waals surface area contributed by atoms with Crippen LogP contribution < -0.4 is 5.32 Å². The zero-order valence-electron chi connectivity index (χ0n) is 8.92. The van der Waals surface area contributed by atoms with Gasteiger partial charge in [0.25, 0.3) is 0 Å². The smallest absolute Gasteiger partial charge is 0.407 e. The Morgan fingerprint density at radius 3 is 2.93 bits per heavy atom. The summed E-state index contributed by atoms with van der Waals surface area (Å²) in [5, 5.41) is 2.49. The van der Waals surface area contributed by atoms with Gasteiger partial charge in [-0.1, -0.05) is 0 Å². The second-order valence-electron chi connectivity index (χ2n) is 3.66. The summed E-state index contributed by atoms with van der Waals surface area (Å²) in [6.45, 7) is 4.67. The molecule has 88 valence electrons. The number of amides is 1. The zero-order chi connectivity index (χ0) is 11.3. The maximum absolute atomic E-state index is 11.0. The molecule has 0 aromatic carbocycles. The van der Waals surface area contributed by atoms with Crippen molar-refractivity contribution < 1.29 is 19.0 Å². The van der Waals surface area contributed by atoms with E-state index in [0.717, 1.165) is 0 Å². The van der Waals surface area contributed by atoms with Gasteiger partial charge in [0, 0.05) is 12.4 Å². The normalized spacial score (nSPS) is 23.8. The van der Waals surface area contributed by atoms with Gasteiger partial charge in [-0.3, -0.25) is 0 Å². The number of rotatable bonds is 4. The first-order chi connectivity index (χ1) is 7.03. The van der Waals surface area contributed by atoms with Gasteiger partial charge in [-0.15, -0.1) is 11.6 Å². The minimum absolute atomic E-state index is 0.192. The Morgan fingerprint density at radius 1 is 1.67 bits per heavy atom. The molecule has 1 N–H and O–H groups in total. The fourth-order valence-electron chi connectivity index (χ4n) is 1.21. The minimum Gasteiger partial charge on any atom is -0.447 e. The number of ether oxygens (including phenoxy) is 3. The largest absolute Gasteiger partial charge is 0.447 e. The molecule has 1 amide bonds. The lowest BCUT2D eigenvalue weighted by molar-refractivity contribution is -0.142. The number of carbonyl (C=O) groups is 1. The van der Waals surface area contributed by atoms with Gasteiger partial charge >= 0.3 is 6.09 Å². The van der Waals surface area contributed by atoms with Crippen molar-refractivity contribution in [1.29, 1.82) is 0 Å². The lowest BCUT2D eigenvalue weighted by atomic mass is 10.4. The summed E-state index contributed by atoms with van der Waals surface area (Å²) in [6.07, 6.45) is -0.675. The highest BCUT2D eigenvalue weighted by Crippen LogP contribution is 2.22. The van der Waals surface area contributed by atoms with Crippen LogP contribution in [0.1, 0.15) is 13.8 Å². The van der Waals surface area contributed by atoms with E-state index in [9.17, 15) is 4.79 Å². The molecule has 1 heterocycles. The van der Waals surface area contributed by atoms with Crippen LogP contribution >= 0.6 is 11.6 Å². The average molecular weight is 238 g/mol. The van der Waals surface area contributed by atoms with Gasteiger partial charge in [0.15, 0.2) is 5.79 Å². The van der Waals surface area contributed by atoms with Gasteiger partial charge in [-0.2, -0.15) is 0 Å². The minimum atomic E-state index is -0.583. The van der Waals surface area contributed by atoms with Crippen LogP contribution in [0.3, 0.4) is 0 Å². The summed E-state index contributed by atoms with van der Waals surface area (Å²) in [6, 6.07) is 0. The maximum Gasteiger partial charge on any atom is 0.407 e. The second kappa shape index (κ2) is 5.53. The highest BCUT2D eigenvalue weighted by atomic mass is 35.5. The van der Waals surface area contributed by atoms with Crippen LogP contribution in [0.2, 0.25) is 0 Å². The van der Waals surface area contributed by atoms with E-state index in [1.807, 2.05) is 13.8 Å². The van der Waals surface area contributed by atoms with Crippen LogP contribution in [-0.2, 0) is 14.2 Å². The van der Waals surface area contributed by atoms with E-state index in [-0.39, 0.29) is 12.7 Å². The number of nitrogens with one attached hydrogen (secondary N) is 1. The Bertz CT molecular complexity index is 222. The molecule has 1 saturated heterocycles. The molecular formula is C9H16ClNO4. The molecule has 6 heteroatoms. The predicted molar refractivity (Wildman–Crippen MR) is 55.0 cm³/mol. The first-order valence-corrected chi connectivity index (χ1v) is 5.35. The quantitative estimate of drug-likeness (QED) is 0.744. The molecule has 0 aromatic heterocycles. The summed E-state index contributed by atoms with van der Waals surface area (Å²) in [4.78, 5) is 11.0. The summed E-state index contributed by atoms with van der Waals surface area (Å²) in [5.74, 6) is -0.216. The van der Waals surface area contributed by atoms with Crippen molar-refractivity contribution in [3.8, 4) is 0 Å². The molecule has 0 bridgehead atoms. The summed E-state index contributed by atoms with van der Waals surface area (Å²) in [5.41, 5.74) is 0. The lowest BCUT2D eigenvalue weighted by Gasteiger charge is -2.16. The number of carbonyl (C=O) groups excluding carboxylic acids is 1. The fourth-order valence-corrected chi connectivity index (χ4v) is 1.31. The molecule has 1 aliphatic rings.